The third-order valence-electron chi connectivity index (χ3n) is 5.08. The Kier molecular flexibility index (Phi) is 12.4. The first-order valence-corrected chi connectivity index (χ1v) is 9.42. The van der Waals surface area contributed by atoms with E-state index in [1.54, 1.807) is 0 Å². The van der Waals surface area contributed by atoms with Crippen molar-refractivity contribution in [1.29, 1.82) is 0 Å². The molecular formula is C18H38IN5O2. The molecular weight excluding hydrogens is 445 g/mol. The average Bonchev–Trinajstić information content (AvgIpc) is 2.60. The molecule has 0 spiro atoms. The topological polar surface area (TPSA) is 60.4 Å². The minimum absolute atomic E-state index is 0. The lowest BCUT2D eigenvalue weighted by atomic mass is 9.89. The van der Waals surface area contributed by atoms with E-state index in [0.717, 1.165) is 51.6 Å². The van der Waals surface area contributed by atoms with Gasteiger partial charge in [0.1, 0.15) is 0 Å². The summed E-state index contributed by atoms with van der Waals surface area (Å²) >= 11 is 0. The molecule has 1 rings (SSSR count). The van der Waals surface area contributed by atoms with Crippen LogP contribution in [-0.4, -0.2) is 99.2 Å². The van der Waals surface area contributed by atoms with Crippen LogP contribution in [0.5, 0.6) is 0 Å². The number of hydrogen-bond donors (Lipinski definition) is 1. The molecule has 0 aliphatic carbocycles. The fraction of sp³-hybridized carbons (Fsp3) is 0.889. The standard InChI is InChI=1S/C18H37N5O2.HI/c1-7-19-17(22(6)14-16(24)23(8-2)9-3)20-15-18(21(4)5)10-12-25-13-11-18;/h7-15H2,1-6H3,(H,19,20);1H. The van der Waals surface area contributed by atoms with Gasteiger partial charge in [-0.05, 0) is 47.7 Å². The zero-order chi connectivity index (χ0) is 18.9. The number of nitrogens with zero attached hydrogens (tertiary/aromatic N) is 4. The van der Waals surface area contributed by atoms with E-state index in [2.05, 4.69) is 24.3 Å². The van der Waals surface area contributed by atoms with Crippen molar-refractivity contribution in [2.45, 2.75) is 39.2 Å². The van der Waals surface area contributed by atoms with Crippen LogP contribution in [0.1, 0.15) is 33.6 Å². The van der Waals surface area contributed by atoms with Gasteiger partial charge in [-0.25, -0.2) is 0 Å². The molecule has 8 heteroatoms. The van der Waals surface area contributed by atoms with Crippen molar-refractivity contribution in [2.24, 2.45) is 4.99 Å². The van der Waals surface area contributed by atoms with Crippen LogP contribution < -0.4 is 5.32 Å². The number of aliphatic imine (C=N–C) groups is 1. The van der Waals surface area contributed by atoms with Crippen LogP contribution in [0.4, 0.5) is 0 Å². The highest BCUT2D eigenvalue weighted by Crippen LogP contribution is 2.26. The van der Waals surface area contributed by atoms with E-state index in [9.17, 15) is 4.79 Å². The smallest absolute Gasteiger partial charge is 0.242 e. The lowest BCUT2D eigenvalue weighted by molar-refractivity contribution is -0.131. The summed E-state index contributed by atoms with van der Waals surface area (Å²) in [6.45, 7) is 10.9. The van der Waals surface area contributed by atoms with Gasteiger partial charge in [0.15, 0.2) is 5.96 Å². The van der Waals surface area contributed by atoms with Crippen molar-refractivity contribution in [1.82, 2.24) is 20.0 Å². The van der Waals surface area contributed by atoms with Crippen LogP contribution in [0, 0.1) is 0 Å². The Hall–Kier alpha value is -0.610. The molecule has 1 fully saturated rings. The number of halogens is 1. The maximum absolute atomic E-state index is 12.4. The molecule has 0 unspecified atom stereocenters. The molecule has 1 aliphatic rings. The molecule has 1 aliphatic heterocycles. The van der Waals surface area contributed by atoms with E-state index < -0.39 is 0 Å². The van der Waals surface area contributed by atoms with Gasteiger partial charge in [-0.1, -0.05) is 0 Å². The Morgan fingerprint density at radius 3 is 2.15 bits per heavy atom. The maximum Gasteiger partial charge on any atom is 0.242 e. The number of carbonyl (C=O) groups is 1. The predicted octanol–water partition coefficient (Wildman–Crippen LogP) is 1.48. The van der Waals surface area contributed by atoms with E-state index in [1.807, 2.05) is 37.6 Å². The normalized spacial score (nSPS) is 16.8. The highest BCUT2D eigenvalue weighted by Gasteiger charge is 2.34. The van der Waals surface area contributed by atoms with Crippen molar-refractivity contribution < 1.29 is 9.53 Å². The van der Waals surface area contributed by atoms with Crippen LogP contribution in [-0.2, 0) is 9.53 Å². The molecule has 1 amide bonds. The van der Waals surface area contributed by atoms with Gasteiger partial charge in [-0.15, -0.1) is 24.0 Å². The Morgan fingerprint density at radius 2 is 1.69 bits per heavy atom. The van der Waals surface area contributed by atoms with Gasteiger partial charge in [-0.3, -0.25) is 9.79 Å². The van der Waals surface area contributed by atoms with Gasteiger partial charge < -0.3 is 24.8 Å². The van der Waals surface area contributed by atoms with Crippen LogP contribution in [0.25, 0.3) is 0 Å². The number of guanidine groups is 1. The van der Waals surface area contributed by atoms with E-state index in [1.165, 1.54) is 0 Å². The average molecular weight is 483 g/mol. The minimum Gasteiger partial charge on any atom is -0.381 e. The van der Waals surface area contributed by atoms with Crippen LogP contribution in [0.2, 0.25) is 0 Å². The fourth-order valence-corrected chi connectivity index (χ4v) is 3.14. The summed E-state index contributed by atoms with van der Waals surface area (Å²) in [5.41, 5.74) is 0.0304. The summed E-state index contributed by atoms with van der Waals surface area (Å²) in [4.78, 5) is 23.3. The van der Waals surface area contributed by atoms with E-state index in [0.29, 0.717) is 13.1 Å². The van der Waals surface area contributed by atoms with E-state index in [-0.39, 0.29) is 35.4 Å². The molecule has 1 saturated heterocycles. The molecule has 0 aromatic heterocycles. The lowest BCUT2D eigenvalue weighted by Crippen LogP contribution is -2.52. The Bertz CT molecular complexity index is 435. The van der Waals surface area contributed by atoms with E-state index >= 15 is 0 Å². The zero-order valence-electron chi connectivity index (χ0n) is 17.4. The molecule has 1 heterocycles. The van der Waals surface area contributed by atoms with Gasteiger partial charge >= 0.3 is 0 Å². The summed E-state index contributed by atoms with van der Waals surface area (Å²) in [5.74, 6) is 0.919. The summed E-state index contributed by atoms with van der Waals surface area (Å²) in [6, 6.07) is 0. The first kappa shape index (κ1) is 25.4. The summed E-state index contributed by atoms with van der Waals surface area (Å²) in [7, 11) is 6.15. The molecule has 0 saturated carbocycles. The lowest BCUT2D eigenvalue weighted by Gasteiger charge is -2.42. The molecule has 1 N–H and O–H groups in total. The number of likely N-dealkylation sites (N-methyl/N-ethyl adjacent to an activating group) is 3. The second kappa shape index (κ2) is 12.7. The predicted molar refractivity (Wildman–Crippen MR) is 118 cm³/mol. The third kappa shape index (κ3) is 7.19. The largest absolute Gasteiger partial charge is 0.381 e. The molecule has 0 aromatic carbocycles. The number of amides is 1. The van der Waals surface area contributed by atoms with Gasteiger partial charge in [-0.2, -0.15) is 0 Å². The molecule has 0 radical (unpaired) electrons. The first-order valence-electron chi connectivity index (χ1n) is 9.42. The molecule has 7 nitrogen and oxygen atoms in total. The number of ether oxygens (including phenoxy) is 1. The van der Waals surface area contributed by atoms with Gasteiger partial charge in [0.05, 0.1) is 13.1 Å². The highest BCUT2D eigenvalue weighted by molar-refractivity contribution is 14.0. The van der Waals surface area contributed by atoms with Crippen LogP contribution in [0.3, 0.4) is 0 Å². The number of rotatable bonds is 8. The van der Waals surface area contributed by atoms with Crippen molar-refractivity contribution in [2.75, 3.05) is 67.1 Å². The fourth-order valence-electron chi connectivity index (χ4n) is 3.14. The molecule has 0 aromatic rings. The number of carbonyl (C=O) groups excluding carboxylic acids is 1. The maximum atomic E-state index is 12.4. The quantitative estimate of drug-likeness (QED) is 0.322. The molecule has 26 heavy (non-hydrogen) atoms. The van der Waals surface area contributed by atoms with Crippen molar-refractivity contribution in [3.63, 3.8) is 0 Å². The van der Waals surface area contributed by atoms with Crippen molar-refractivity contribution >= 4 is 35.8 Å². The van der Waals surface area contributed by atoms with Gasteiger partial charge in [0.2, 0.25) is 5.91 Å². The third-order valence-corrected chi connectivity index (χ3v) is 5.08. The monoisotopic (exact) mass is 483 g/mol. The molecule has 0 bridgehead atoms. The van der Waals surface area contributed by atoms with Crippen molar-refractivity contribution in [3.8, 4) is 0 Å². The van der Waals surface area contributed by atoms with Crippen LogP contribution >= 0.6 is 24.0 Å². The van der Waals surface area contributed by atoms with Gasteiger partial charge in [0.25, 0.3) is 0 Å². The Balaban J connectivity index is 0.00000625. The van der Waals surface area contributed by atoms with E-state index in [4.69, 9.17) is 9.73 Å². The SMILES string of the molecule is CCNC(=NCC1(N(C)C)CCOCC1)N(C)CC(=O)N(CC)CC.I. The van der Waals surface area contributed by atoms with Crippen molar-refractivity contribution in [3.05, 3.63) is 0 Å². The highest BCUT2D eigenvalue weighted by atomic mass is 127. The summed E-state index contributed by atoms with van der Waals surface area (Å²) < 4.78 is 5.53. The Morgan fingerprint density at radius 1 is 1.12 bits per heavy atom. The van der Waals surface area contributed by atoms with Gasteiger partial charge in [0, 0.05) is 45.4 Å². The minimum atomic E-state index is 0. The summed E-state index contributed by atoms with van der Waals surface area (Å²) in [5, 5.41) is 3.31. The molecule has 0 atom stereocenters. The zero-order valence-corrected chi connectivity index (χ0v) is 19.7. The van der Waals surface area contributed by atoms with Crippen LogP contribution in [0.15, 0.2) is 4.99 Å². The first-order chi connectivity index (χ1) is 11.9. The number of hydrogen-bond acceptors (Lipinski definition) is 4. The second-order valence-electron chi connectivity index (χ2n) is 6.82. The summed E-state index contributed by atoms with van der Waals surface area (Å²) in [6.07, 6.45) is 1.95. The number of nitrogens with one attached hydrogen (secondary N) is 1. The molecule has 154 valence electrons. The Labute approximate surface area is 176 Å². The second-order valence-corrected chi connectivity index (χ2v) is 6.82.